The summed E-state index contributed by atoms with van der Waals surface area (Å²) in [6.45, 7) is 0.910. The Kier molecular flexibility index (Phi) is 8.35. The minimum atomic E-state index is -4.82. The van der Waals surface area contributed by atoms with Crippen LogP contribution in [0.25, 0.3) is 0 Å². The molecular weight excluding hydrogens is 491 g/mol. The third-order valence-corrected chi connectivity index (χ3v) is 7.39. The van der Waals surface area contributed by atoms with E-state index in [-0.39, 0.29) is 37.3 Å². The van der Waals surface area contributed by atoms with Crippen LogP contribution in [0.3, 0.4) is 0 Å². The predicted molar refractivity (Wildman–Crippen MR) is 114 cm³/mol. The fraction of sp³-hybridized carbons (Fsp3) is 0.476. The van der Waals surface area contributed by atoms with E-state index in [0.29, 0.717) is 19.8 Å². The van der Waals surface area contributed by atoms with Crippen molar-refractivity contribution in [3.05, 3.63) is 51.8 Å². The summed E-state index contributed by atoms with van der Waals surface area (Å²) in [4.78, 5) is 12.5. The van der Waals surface area contributed by atoms with Gasteiger partial charge in [0, 0.05) is 18.7 Å². The average molecular weight is 515 g/mol. The molecule has 33 heavy (non-hydrogen) atoms. The van der Waals surface area contributed by atoms with Gasteiger partial charge in [0.05, 0.1) is 5.02 Å². The van der Waals surface area contributed by atoms with E-state index in [4.69, 9.17) is 11.6 Å². The molecule has 1 N–H and O–H groups in total. The van der Waals surface area contributed by atoms with Gasteiger partial charge < -0.3 is 4.57 Å². The van der Waals surface area contributed by atoms with Gasteiger partial charge in [-0.3, -0.25) is 4.79 Å². The summed E-state index contributed by atoms with van der Waals surface area (Å²) >= 11 is 6.30. The Bertz CT molecular complexity index is 1150. The minimum absolute atomic E-state index is 0. The zero-order chi connectivity index (χ0) is 23.8. The molecule has 0 radical (unpaired) electrons. The van der Waals surface area contributed by atoms with Gasteiger partial charge >= 0.3 is 6.18 Å². The van der Waals surface area contributed by atoms with Crippen molar-refractivity contribution >= 4 is 27.4 Å². The van der Waals surface area contributed by atoms with Crippen molar-refractivity contribution in [2.75, 3.05) is 0 Å². The molecule has 12 heteroatoms. The first-order valence-corrected chi connectivity index (χ1v) is 11.7. The van der Waals surface area contributed by atoms with Gasteiger partial charge in [-0.1, -0.05) is 31.5 Å². The Morgan fingerprint density at radius 2 is 1.85 bits per heavy atom. The van der Waals surface area contributed by atoms with E-state index in [1.165, 1.54) is 10.6 Å². The summed E-state index contributed by atoms with van der Waals surface area (Å²) in [6, 6.07) is 0.542. The molecular formula is C21H24ClF5N2O3S. The number of nitrogens with zero attached hydrogens (tertiary/aromatic N) is 1. The molecule has 0 aliphatic carbocycles. The highest BCUT2D eigenvalue weighted by atomic mass is 35.5. The number of halogens is 6. The van der Waals surface area contributed by atoms with Crippen LogP contribution in [0.4, 0.5) is 22.0 Å². The van der Waals surface area contributed by atoms with Gasteiger partial charge in [-0.2, -0.15) is 17.9 Å². The number of alkyl halides is 3. The fourth-order valence-corrected chi connectivity index (χ4v) is 5.86. The third-order valence-electron chi connectivity index (χ3n) is 5.26. The van der Waals surface area contributed by atoms with Crippen molar-refractivity contribution in [2.45, 2.75) is 70.1 Å². The molecule has 0 spiro atoms. The normalized spacial score (nSPS) is 15.4. The van der Waals surface area contributed by atoms with Crippen LogP contribution >= 0.6 is 11.6 Å². The summed E-state index contributed by atoms with van der Waals surface area (Å²) in [6.07, 6.45) is -3.12. The average Bonchev–Trinajstić information content (AvgIpc) is 2.80. The number of hydrogen-bond acceptors (Lipinski definition) is 3. The Balaban J connectivity index is 0.00000385. The molecule has 1 aliphatic heterocycles. The van der Waals surface area contributed by atoms with Crippen molar-refractivity contribution < 1.29 is 35.2 Å². The maximum absolute atomic E-state index is 13.5. The van der Waals surface area contributed by atoms with Crippen molar-refractivity contribution in [3.63, 3.8) is 0 Å². The fourth-order valence-electron chi connectivity index (χ4n) is 3.67. The van der Waals surface area contributed by atoms with E-state index in [1.807, 2.05) is 0 Å². The Hall–Kier alpha value is -1.98. The van der Waals surface area contributed by atoms with E-state index in [1.54, 1.807) is 4.72 Å². The number of aromatic nitrogens is 1. The highest BCUT2D eigenvalue weighted by Gasteiger charge is 2.41. The van der Waals surface area contributed by atoms with Gasteiger partial charge in [-0.15, -0.1) is 0 Å². The maximum Gasteiger partial charge on any atom is 0.404 e. The van der Waals surface area contributed by atoms with Crippen molar-refractivity contribution in [2.24, 2.45) is 0 Å². The molecule has 2 heterocycles. The number of hydrogen-bond donors (Lipinski definition) is 1. The molecule has 0 saturated carbocycles. The SMILES string of the molecule is C.C[C@@H](NS(=O)(=O)c1c(Cl)c(C(=O)Cc2ccc(F)c(F)c2)n2c1CCCCC2)C(F)(F)F. The predicted octanol–water partition coefficient (Wildman–Crippen LogP) is 5.44. The van der Waals surface area contributed by atoms with Crippen molar-refractivity contribution in [3.8, 4) is 0 Å². The number of Topliss-reactive ketones (excluding diaryl/α,β-unsaturated/α-hetero) is 1. The summed E-state index contributed by atoms with van der Waals surface area (Å²) in [5.74, 6) is -2.90. The van der Waals surface area contributed by atoms with Crippen LogP contribution in [0.2, 0.25) is 5.02 Å². The largest absolute Gasteiger partial charge is 0.404 e. The van der Waals surface area contributed by atoms with Crippen LogP contribution in [0.15, 0.2) is 23.1 Å². The van der Waals surface area contributed by atoms with Crippen molar-refractivity contribution in [1.82, 2.24) is 9.29 Å². The van der Waals surface area contributed by atoms with Crippen LogP contribution in [0.1, 0.15) is 55.4 Å². The monoisotopic (exact) mass is 514 g/mol. The molecule has 3 rings (SSSR count). The van der Waals surface area contributed by atoms with Crippen LogP contribution in [-0.2, 0) is 29.4 Å². The van der Waals surface area contributed by atoms with E-state index >= 15 is 0 Å². The lowest BCUT2D eigenvalue weighted by Gasteiger charge is -2.18. The van der Waals surface area contributed by atoms with Crippen LogP contribution in [0.5, 0.6) is 0 Å². The third kappa shape index (κ3) is 5.75. The standard InChI is InChI=1S/C20H20ClF5N2O3S.CH4/c1-11(20(24,25)26)27-32(30,31)19-15-5-3-2-4-8-28(15)18(17(19)21)16(29)10-12-6-7-13(22)14(23)9-12;/h6-7,9,11,27H,2-5,8,10H2,1H3;1H4/t11-;/m1./s1. The van der Waals surface area contributed by atoms with Gasteiger partial charge in [-0.25, -0.2) is 17.2 Å². The lowest BCUT2D eigenvalue weighted by Crippen LogP contribution is -2.43. The molecule has 1 aromatic heterocycles. The van der Waals surface area contributed by atoms with Gasteiger partial charge in [0.1, 0.15) is 16.6 Å². The first-order valence-electron chi connectivity index (χ1n) is 9.80. The zero-order valence-corrected chi connectivity index (χ0v) is 18.5. The summed E-state index contributed by atoms with van der Waals surface area (Å²) in [5.41, 5.74) is 0.124. The summed E-state index contributed by atoms with van der Waals surface area (Å²) < 4.78 is 94.3. The molecule has 1 aliphatic rings. The van der Waals surface area contributed by atoms with Gasteiger partial charge in [0.15, 0.2) is 17.4 Å². The van der Waals surface area contributed by atoms with Crippen molar-refractivity contribution in [1.29, 1.82) is 0 Å². The van der Waals surface area contributed by atoms with Gasteiger partial charge in [0.25, 0.3) is 0 Å². The number of fused-ring (bicyclic) bond motifs is 1. The van der Waals surface area contributed by atoms with E-state index in [0.717, 1.165) is 18.6 Å². The molecule has 0 unspecified atom stereocenters. The number of carbonyl (C=O) groups excluding carboxylic acids is 1. The first kappa shape index (κ1) is 27.3. The summed E-state index contributed by atoms with van der Waals surface area (Å²) in [7, 11) is -4.71. The molecule has 5 nitrogen and oxygen atoms in total. The molecule has 0 fully saturated rings. The molecule has 1 aromatic carbocycles. The smallest absolute Gasteiger partial charge is 0.340 e. The second kappa shape index (κ2) is 10.1. The zero-order valence-electron chi connectivity index (χ0n) is 16.9. The van der Waals surface area contributed by atoms with Crippen LogP contribution < -0.4 is 4.72 Å². The molecule has 1 atom stereocenters. The molecule has 0 amide bonds. The number of carbonyl (C=O) groups is 1. The Labute approximate surface area is 194 Å². The molecule has 184 valence electrons. The number of nitrogens with one attached hydrogen (secondary N) is 1. The van der Waals surface area contributed by atoms with E-state index in [2.05, 4.69) is 0 Å². The second-order valence-corrected chi connectivity index (χ2v) is 9.66. The molecule has 2 aromatic rings. The summed E-state index contributed by atoms with van der Waals surface area (Å²) in [5, 5.41) is -0.476. The number of ketones is 1. The number of sulfonamides is 1. The molecule has 0 bridgehead atoms. The topological polar surface area (TPSA) is 68.2 Å². The molecule has 0 saturated heterocycles. The highest BCUT2D eigenvalue weighted by Crippen LogP contribution is 2.36. The van der Waals surface area contributed by atoms with Gasteiger partial charge in [0.2, 0.25) is 10.0 Å². The lowest BCUT2D eigenvalue weighted by atomic mass is 10.1. The van der Waals surface area contributed by atoms with Gasteiger partial charge in [-0.05, 0) is 43.9 Å². The second-order valence-electron chi connectivity index (χ2n) is 7.63. The maximum atomic E-state index is 13.5. The van der Waals surface area contributed by atoms with E-state index in [9.17, 15) is 35.2 Å². The lowest BCUT2D eigenvalue weighted by molar-refractivity contribution is -0.147. The Morgan fingerprint density at radius 3 is 2.45 bits per heavy atom. The number of rotatable bonds is 6. The number of benzene rings is 1. The van der Waals surface area contributed by atoms with Crippen LogP contribution in [-0.4, -0.2) is 31.0 Å². The first-order chi connectivity index (χ1) is 14.8. The quantitative estimate of drug-likeness (QED) is 0.412. The highest BCUT2D eigenvalue weighted by molar-refractivity contribution is 7.89. The van der Waals surface area contributed by atoms with Crippen LogP contribution in [0, 0.1) is 11.6 Å². The Morgan fingerprint density at radius 1 is 1.18 bits per heavy atom. The minimum Gasteiger partial charge on any atom is -0.340 e. The van der Waals surface area contributed by atoms with E-state index < -0.39 is 56.0 Å².